The van der Waals surface area contributed by atoms with E-state index in [1.165, 1.54) is 10.6 Å². The van der Waals surface area contributed by atoms with Crippen LogP contribution in [0.25, 0.3) is 5.65 Å². The second-order valence-corrected chi connectivity index (χ2v) is 4.24. The summed E-state index contributed by atoms with van der Waals surface area (Å²) in [6.45, 7) is 0.133. The molecule has 0 aliphatic heterocycles. The Hall–Kier alpha value is -2.03. The zero-order valence-electron chi connectivity index (χ0n) is 10.8. The molecule has 0 spiro atoms. The van der Waals surface area contributed by atoms with Crippen LogP contribution in [-0.2, 0) is 0 Å². The summed E-state index contributed by atoms with van der Waals surface area (Å²) in [6, 6.07) is 5.03. The van der Waals surface area contributed by atoms with Gasteiger partial charge in [-0.25, -0.2) is 9.20 Å². The molecule has 8 heteroatoms. The van der Waals surface area contributed by atoms with Crippen LogP contribution in [0.15, 0.2) is 29.2 Å². The molecule has 2 heterocycles. The van der Waals surface area contributed by atoms with Crippen LogP contribution in [0.2, 0.25) is 0 Å². The minimum atomic E-state index is -0.529. The van der Waals surface area contributed by atoms with E-state index in [-0.39, 0.29) is 32.8 Å². The van der Waals surface area contributed by atoms with Crippen LogP contribution in [0.4, 0.5) is 0 Å². The van der Waals surface area contributed by atoms with Gasteiger partial charge in [0.1, 0.15) is 0 Å². The molecule has 0 radical (unpaired) electrons. The zero-order valence-corrected chi connectivity index (χ0v) is 10.8. The van der Waals surface area contributed by atoms with Crippen molar-refractivity contribution in [2.45, 2.75) is 0 Å². The Morgan fingerprint density at radius 3 is 2.55 bits per heavy atom. The SMILES string of the molecule is O=C(CN(CCO)CCO)n1nc2ccccn2c1=O. The summed E-state index contributed by atoms with van der Waals surface area (Å²) in [7, 11) is 0. The van der Waals surface area contributed by atoms with Gasteiger partial charge in [-0.15, -0.1) is 9.78 Å². The van der Waals surface area contributed by atoms with E-state index in [2.05, 4.69) is 5.10 Å². The van der Waals surface area contributed by atoms with E-state index in [9.17, 15) is 9.59 Å². The van der Waals surface area contributed by atoms with Gasteiger partial charge in [-0.2, -0.15) is 0 Å². The number of aromatic nitrogens is 3. The lowest BCUT2D eigenvalue weighted by Crippen LogP contribution is -2.40. The molecule has 0 fully saturated rings. The maximum atomic E-state index is 12.1. The highest BCUT2D eigenvalue weighted by atomic mass is 16.3. The number of hydrogen-bond acceptors (Lipinski definition) is 6. The minimum Gasteiger partial charge on any atom is -0.395 e. The number of rotatable bonds is 6. The minimum absolute atomic E-state index is 0.0924. The molecule has 2 rings (SSSR count). The topological polar surface area (TPSA) is 100 Å². The van der Waals surface area contributed by atoms with Gasteiger partial charge in [-0.3, -0.25) is 9.69 Å². The molecule has 0 unspecified atom stereocenters. The highest BCUT2D eigenvalue weighted by Gasteiger charge is 2.16. The van der Waals surface area contributed by atoms with E-state index in [0.717, 1.165) is 4.68 Å². The lowest BCUT2D eigenvalue weighted by molar-refractivity contribution is 0.0793. The predicted octanol–water partition coefficient (Wildman–Crippen LogP) is -1.58. The summed E-state index contributed by atoms with van der Waals surface area (Å²) in [6.07, 6.45) is 1.54. The summed E-state index contributed by atoms with van der Waals surface area (Å²) in [4.78, 5) is 25.6. The van der Waals surface area contributed by atoms with Gasteiger partial charge in [-0.1, -0.05) is 6.07 Å². The van der Waals surface area contributed by atoms with Gasteiger partial charge in [-0.05, 0) is 12.1 Å². The van der Waals surface area contributed by atoms with Crippen LogP contribution in [0.3, 0.4) is 0 Å². The van der Waals surface area contributed by atoms with Crippen molar-refractivity contribution in [3.05, 3.63) is 34.9 Å². The monoisotopic (exact) mass is 280 g/mol. The van der Waals surface area contributed by atoms with Crippen LogP contribution in [0.5, 0.6) is 0 Å². The fourth-order valence-corrected chi connectivity index (χ4v) is 1.90. The molecule has 0 saturated heterocycles. The van der Waals surface area contributed by atoms with Gasteiger partial charge in [0.15, 0.2) is 5.65 Å². The van der Waals surface area contributed by atoms with Gasteiger partial charge >= 0.3 is 5.69 Å². The largest absolute Gasteiger partial charge is 0.395 e. The van der Waals surface area contributed by atoms with Crippen LogP contribution >= 0.6 is 0 Å². The average Bonchev–Trinajstić information content (AvgIpc) is 2.77. The van der Waals surface area contributed by atoms with E-state index in [4.69, 9.17) is 10.2 Å². The van der Waals surface area contributed by atoms with E-state index < -0.39 is 11.6 Å². The maximum absolute atomic E-state index is 12.1. The van der Waals surface area contributed by atoms with Crippen molar-refractivity contribution in [2.75, 3.05) is 32.8 Å². The Balaban J connectivity index is 2.22. The molecular weight excluding hydrogens is 264 g/mol. The van der Waals surface area contributed by atoms with Crippen molar-refractivity contribution in [3.63, 3.8) is 0 Å². The number of nitrogens with zero attached hydrogens (tertiary/aromatic N) is 4. The first-order valence-electron chi connectivity index (χ1n) is 6.21. The van der Waals surface area contributed by atoms with Crippen molar-refractivity contribution in [1.82, 2.24) is 19.1 Å². The first-order chi connectivity index (χ1) is 9.67. The lowest BCUT2D eigenvalue weighted by atomic mass is 10.4. The highest BCUT2D eigenvalue weighted by molar-refractivity contribution is 5.80. The fraction of sp³-hybridized carbons (Fsp3) is 0.417. The maximum Gasteiger partial charge on any atom is 0.357 e. The third kappa shape index (κ3) is 2.93. The average molecular weight is 280 g/mol. The molecule has 8 nitrogen and oxygen atoms in total. The standard InChI is InChI=1S/C12H16N4O4/c17-7-5-14(6-8-18)9-11(19)16-12(20)15-4-2-1-3-10(15)13-16/h1-4,17-18H,5-9H2. The molecule has 0 aliphatic rings. The van der Waals surface area contributed by atoms with Crippen molar-refractivity contribution in [1.29, 1.82) is 0 Å². The third-order valence-electron chi connectivity index (χ3n) is 2.86. The molecule has 108 valence electrons. The fourth-order valence-electron chi connectivity index (χ4n) is 1.90. The number of carbonyl (C=O) groups excluding carboxylic acids is 1. The van der Waals surface area contributed by atoms with Crippen LogP contribution < -0.4 is 5.69 Å². The number of fused-ring (bicyclic) bond motifs is 1. The molecule has 0 atom stereocenters. The van der Waals surface area contributed by atoms with E-state index in [1.807, 2.05) is 0 Å². The summed E-state index contributed by atoms with van der Waals surface area (Å²) in [5.74, 6) is -0.499. The number of aliphatic hydroxyl groups excluding tert-OH is 2. The first-order valence-corrected chi connectivity index (χ1v) is 6.21. The van der Waals surface area contributed by atoms with Crippen molar-refractivity contribution >= 4 is 11.6 Å². The molecule has 0 bridgehead atoms. The Bertz CT molecular complexity index is 642. The molecule has 0 saturated carbocycles. The Labute approximate surface area is 114 Å². The normalized spacial score (nSPS) is 11.3. The summed E-state index contributed by atoms with van der Waals surface area (Å²) in [5.41, 5.74) is -0.139. The van der Waals surface area contributed by atoms with Crippen LogP contribution in [-0.4, -0.2) is 68.0 Å². The molecular formula is C12H16N4O4. The molecule has 2 aromatic heterocycles. The highest BCUT2D eigenvalue weighted by Crippen LogP contribution is 1.96. The van der Waals surface area contributed by atoms with Gasteiger partial charge < -0.3 is 10.2 Å². The Kier molecular flexibility index (Phi) is 4.61. The summed E-state index contributed by atoms with van der Waals surface area (Å²) >= 11 is 0. The number of hydrogen-bond donors (Lipinski definition) is 2. The summed E-state index contributed by atoms with van der Waals surface area (Å²) < 4.78 is 2.08. The number of carbonyl (C=O) groups is 1. The third-order valence-corrected chi connectivity index (χ3v) is 2.86. The van der Waals surface area contributed by atoms with Gasteiger partial charge in [0, 0.05) is 19.3 Å². The zero-order chi connectivity index (χ0) is 14.5. The molecule has 0 aromatic carbocycles. The quantitative estimate of drug-likeness (QED) is 0.662. The summed E-state index contributed by atoms with van der Waals surface area (Å²) in [5, 5.41) is 21.7. The number of aliphatic hydroxyl groups is 2. The second kappa shape index (κ2) is 6.42. The second-order valence-electron chi connectivity index (χ2n) is 4.24. The van der Waals surface area contributed by atoms with Gasteiger partial charge in [0.25, 0.3) is 5.91 Å². The van der Waals surface area contributed by atoms with Crippen LogP contribution in [0.1, 0.15) is 4.79 Å². The van der Waals surface area contributed by atoms with E-state index in [0.29, 0.717) is 5.65 Å². The molecule has 0 aliphatic carbocycles. The predicted molar refractivity (Wildman–Crippen MR) is 70.7 cm³/mol. The van der Waals surface area contributed by atoms with Gasteiger partial charge in [0.2, 0.25) is 0 Å². The Morgan fingerprint density at radius 2 is 1.95 bits per heavy atom. The van der Waals surface area contributed by atoms with Crippen molar-refractivity contribution in [2.24, 2.45) is 0 Å². The van der Waals surface area contributed by atoms with E-state index >= 15 is 0 Å². The van der Waals surface area contributed by atoms with Gasteiger partial charge in [0.05, 0.1) is 19.8 Å². The molecule has 2 aromatic rings. The lowest BCUT2D eigenvalue weighted by Gasteiger charge is -2.18. The molecule has 2 N–H and O–H groups in total. The first kappa shape index (κ1) is 14.4. The Morgan fingerprint density at radius 1 is 1.25 bits per heavy atom. The smallest absolute Gasteiger partial charge is 0.357 e. The van der Waals surface area contributed by atoms with E-state index in [1.54, 1.807) is 23.1 Å². The molecule has 20 heavy (non-hydrogen) atoms. The van der Waals surface area contributed by atoms with Crippen molar-refractivity contribution in [3.8, 4) is 0 Å². The van der Waals surface area contributed by atoms with Crippen LogP contribution in [0, 0.1) is 0 Å². The van der Waals surface area contributed by atoms with Crippen molar-refractivity contribution < 1.29 is 15.0 Å². The molecule has 0 amide bonds. The number of pyridine rings is 1.